The third-order valence-electron chi connectivity index (χ3n) is 3.70. The Morgan fingerprint density at radius 1 is 1.12 bits per heavy atom. The van der Waals surface area contributed by atoms with Gasteiger partial charge in [0.1, 0.15) is 5.75 Å². The Bertz CT molecular complexity index is 758. The van der Waals surface area contributed by atoms with Crippen molar-refractivity contribution in [3.63, 3.8) is 0 Å². The van der Waals surface area contributed by atoms with Gasteiger partial charge in [-0.1, -0.05) is 36.4 Å². The second-order valence-electron chi connectivity index (χ2n) is 6.09. The van der Waals surface area contributed by atoms with Crippen molar-refractivity contribution >= 4 is 17.6 Å². The fourth-order valence-electron chi connectivity index (χ4n) is 2.44. The first-order valence-corrected chi connectivity index (χ1v) is 8.43. The van der Waals surface area contributed by atoms with Gasteiger partial charge in [0, 0.05) is 27.6 Å². The predicted molar refractivity (Wildman–Crippen MR) is 105 cm³/mol. The van der Waals surface area contributed by atoms with Crippen LogP contribution >= 0.6 is 0 Å². The number of nitrogens with one attached hydrogen (secondary N) is 2. The Morgan fingerprint density at radius 3 is 2.46 bits per heavy atom. The van der Waals surface area contributed by atoms with E-state index in [0.29, 0.717) is 24.5 Å². The van der Waals surface area contributed by atoms with Gasteiger partial charge >= 0.3 is 0 Å². The van der Waals surface area contributed by atoms with E-state index in [1.807, 2.05) is 55.4 Å². The van der Waals surface area contributed by atoms with Crippen LogP contribution in [-0.2, 0) is 17.9 Å². The molecule has 138 valence electrons. The topological polar surface area (TPSA) is 66.0 Å². The molecule has 0 atom stereocenters. The monoisotopic (exact) mass is 354 g/mol. The molecule has 0 spiro atoms. The van der Waals surface area contributed by atoms with Gasteiger partial charge in [-0.15, -0.1) is 0 Å². The molecule has 0 aliphatic carbocycles. The summed E-state index contributed by atoms with van der Waals surface area (Å²) < 4.78 is 5.28. The van der Waals surface area contributed by atoms with E-state index < -0.39 is 0 Å². The SMILES string of the molecule is COc1ccc(CN=C(NCc2ccccc2)N(C)C)cc1NC(C)=O. The molecule has 1 amide bonds. The highest BCUT2D eigenvalue weighted by molar-refractivity contribution is 5.90. The van der Waals surface area contributed by atoms with Crippen LogP contribution in [0.5, 0.6) is 5.75 Å². The number of ether oxygens (including phenoxy) is 1. The Hall–Kier alpha value is -3.02. The van der Waals surface area contributed by atoms with Crippen LogP contribution in [0.1, 0.15) is 18.1 Å². The van der Waals surface area contributed by atoms with Crippen molar-refractivity contribution in [3.05, 3.63) is 59.7 Å². The summed E-state index contributed by atoms with van der Waals surface area (Å²) in [7, 11) is 5.48. The molecule has 6 nitrogen and oxygen atoms in total. The van der Waals surface area contributed by atoms with Crippen LogP contribution in [0.4, 0.5) is 5.69 Å². The number of hydrogen-bond acceptors (Lipinski definition) is 3. The lowest BCUT2D eigenvalue weighted by atomic mass is 10.2. The summed E-state index contributed by atoms with van der Waals surface area (Å²) in [6, 6.07) is 15.8. The normalized spacial score (nSPS) is 11.0. The van der Waals surface area contributed by atoms with Crippen LogP contribution in [0, 0.1) is 0 Å². The van der Waals surface area contributed by atoms with Gasteiger partial charge in [-0.05, 0) is 23.3 Å². The maximum absolute atomic E-state index is 11.4. The van der Waals surface area contributed by atoms with Crippen molar-refractivity contribution in [2.45, 2.75) is 20.0 Å². The van der Waals surface area contributed by atoms with Crippen molar-refractivity contribution in [2.24, 2.45) is 4.99 Å². The number of benzene rings is 2. The smallest absolute Gasteiger partial charge is 0.221 e. The Morgan fingerprint density at radius 2 is 1.85 bits per heavy atom. The molecule has 0 heterocycles. The third kappa shape index (κ3) is 5.81. The van der Waals surface area contributed by atoms with Crippen molar-refractivity contribution in [3.8, 4) is 5.75 Å². The van der Waals surface area contributed by atoms with Gasteiger partial charge in [-0.2, -0.15) is 0 Å². The molecule has 2 N–H and O–H groups in total. The third-order valence-corrected chi connectivity index (χ3v) is 3.70. The number of hydrogen-bond donors (Lipinski definition) is 2. The number of nitrogens with zero attached hydrogens (tertiary/aromatic N) is 2. The Labute approximate surface area is 154 Å². The van der Waals surface area contributed by atoms with Crippen LogP contribution in [0.2, 0.25) is 0 Å². The molecule has 0 saturated heterocycles. The molecule has 0 fully saturated rings. The first-order valence-electron chi connectivity index (χ1n) is 8.43. The summed E-state index contributed by atoms with van der Waals surface area (Å²) in [6.45, 7) is 2.67. The molecule has 0 bridgehead atoms. The number of rotatable bonds is 6. The zero-order valence-electron chi connectivity index (χ0n) is 15.7. The fraction of sp³-hybridized carbons (Fsp3) is 0.300. The van der Waals surface area contributed by atoms with E-state index in [9.17, 15) is 4.79 Å². The first-order chi connectivity index (χ1) is 12.5. The average molecular weight is 354 g/mol. The Balaban J connectivity index is 2.09. The number of methoxy groups -OCH3 is 1. The van der Waals surface area contributed by atoms with Gasteiger partial charge in [-0.25, -0.2) is 4.99 Å². The van der Waals surface area contributed by atoms with Gasteiger partial charge < -0.3 is 20.3 Å². The molecule has 26 heavy (non-hydrogen) atoms. The lowest BCUT2D eigenvalue weighted by molar-refractivity contribution is -0.114. The highest BCUT2D eigenvalue weighted by atomic mass is 16.5. The summed E-state index contributed by atoms with van der Waals surface area (Å²) in [6.07, 6.45) is 0. The second-order valence-corrected chi connectivity index (χ2v) is 6.09. The summed E-state index contributed by atoms with van der Waals surface area (Å²) in [4.78, 5) is 18.0. The van der Waals surface area contributed by atoms with E-state index in [1.165, 1.54) is 12.5 Å². The number of carbonyl (C=O) groups is 1. The molecule has 2 aromatic carbocycles. The molecular weight excluding hydrogens is 328 g/mol. The number of guanidine groups is 1. The zero-order valence-corrected chi connectivity index (χ0v) is 15.7. The number of carbonyl (C=O) groups excluding carboxylic acids is 1. The summed E-state index contributed by atoms with van der Waals surface area (Å²) in [5.41, 5.74) is 2.83. The van der Waals surface area contributed by atoms with Crippen molar-refractivity contribution < 1.29 is 9.53 Å². The van der Waals surface area contributed by atoms with E-state index >= 15 is 0 Å². The predicted octanol–water partition coefficient (Wildman–Crippen LogP) is 2.86. The van der Waals surface area contributed by atoms with Crippen molar-refractivity contribution in [1.29, 1.82) is 0 Å². The van der Waals surface area contributed by atoms with Crippen LogP contribution in [0.25, 0.3) is 0 Å². The molecule has 0 aliphatic heterocycles. The maximum atomic E-state index is 11.4. The lowest BCUT2D eigenvalue weighted by Crippen LogP contribution is -2.36. The first kappa shape index (κ1) is 19.3. The molecular formula is C20H26N4O2. The molecule has 0 unspecified atom stereocenters. The van der Waals surface area contributed by atoms with Gasteiger partial charge in [0.25, 0.3) is 0 Å². The minimum Gasteiger partial charge on any atom is -0.495 e. The minimum absolute atomic E-state index is 0.137. The lowest BCUT2D eigenvalue weighted by Gasteiger charge is -2.18. The van der Waals surface area contributed by atoms with Crippen molar-refractivity contribution in [1.82, 2.24) is 10.2 Å². The van der Waals surface area contributed by atoms with Gasteiger partial charge in [0.05, 0.1) is 19.3 Å². The molecule has 0 radical (unpaired) electrons. The molecule has 2 rings (SSSR count). The van der Waals surface area contributed by atoms with Crippen LogP contribution in [-0.4, -0.2) is 38.0 Å². The fourth-order valence-corrected chi connectivity index (χ4v) is 2.44. The van der Waals surface area contributed by atoms with E-state index in [2.05, 4.69) is 27.8 Å². The molecule has 0 aliphatic rings. The van der Waals surface area contributed by atoms with E-state index in [0.717, 1.165) is 11.5 Å². The second kappa shape index (κ2) is 9.46. The Kier molecular flexibility index (Phi) is 7.02. The summed E-state index contributed by atoms with van der Waals surface area (Å²) in [5.74, 6) is 1.29. The van der Waals surface area contributed by atoms with E-state index in [-0.39, 0.29) is 5.91 Å². The van der Waals surface area contributed by atoms with Gasteiger partial charge in [0.2, 0.25) is 5.91 Å². The zero-order chi connectivity index (χ0) is 18.9. The number of aliphatic imine (C=N–C) groups is 1. The van der Waals surface area contributed by atoms with Crippen molar-refractivity contribution in [2.75, 3.05) is 26.5 Å². The number of anilines is 1. The minimum atomic E-state index is -0.137. The highest BCUT2D eigenvalue weighted by Gasteiger charge is 2.07. The average Bonchev–Trinajstić information content (AvgIpc) is 2.62. The molecule has 2 aromatic rings. The van der Waals surface area contributed by atoms with Crippen LogP contribution in [0.15, 0.2) is 53.5 Å². The van der Waals surface area contributed by atoms with E-state index in [4.69, 9.17) is 4.74 Å². The van der Waals surface area contributed by atoms with Gasteiger partial charge in [-0.3, -0.25) is 4.79 Å². The van der Waals surface area contributed by atoms with Gasteiger partial charge in [0.15, 0.2) is 5.96 Å². The summed E-state index contributed by atoms with van der Waals surface area (Å²) in [5, 5.41) is 6.14. The molecule has 6 heteroatoms. The maximum Gasteiger partial charge on any atom is 0.221 e. The standard InChI is InChI=1S/C20H26N4O2/c1-15(25)23-18-12-17(10-11-19(18)26-4)14-22-20(24(2)3)21-13-16-8-6-5-7-9-16/h5-12H,13-14H2,1-4H3,(H,21,22)(H,23,25). The molecule has 0 aromatic heterocycles. The largest absolute Gasteiger partial charge is 0.495 e. The summed E-state index contributed by atoms with van der Waals surface area (Å²) >= 11 is 0. The highest BCUT2D eigenvalue weighted by Crippen LogP contribution is 2.25. The van der Waals surface area contributed by atoms with E-state index in [1.54, 1.807) is 7.11 Å². The van der Waals surface area contributed by atoms with Crippen LogP contribution < -0.4 is 15.4 Å². The molecule has 0 saturated carbocycles. The van der Waals surface area contributed by atoms with Crippen LogP contribution in [0.3, 0.4) is 0 Å². The number of amides is 1. The quantitative estimate of drug-likeness (QED) is 0.618.